The van der Waals surface area contributed by atoms with Gasteiger partial charge in [0.25, 0.3) is 0 Å². The molecule has 0 saturated heterocycles. The van der Waals surface area contributed by atoms with Crippen molar-refractivity contribution >= 4 is 16.7 Å². The van der Waals surface area contributed by atoms with Crippen LogP contribution in [0.3, 0.4) is 0 Å². The van der Waals surface area contributed by atoms with E-state index in [-0.39, 0.29) is 17.5 Å². The van der Waals surface area contributed by atoms with Crippen LogP contribution in [0, 0.1) is 22.9 Å². The van der Waals surface area contributed by atoms with Crippen molar-refractivity contribution in [2.75, 3.05) is 0 Å². The van der Waals surface area contributed by atoms with E-state index in [9.17, 15) is 19.3 Å². The third-order valence-electron chi connectivity index (χ3n) is 4.35. The minimum Gasteiger partial charge on any atom is -0.422 e. The fourth-order valence-corrected chi connectivity index (χ4v) is 2.97. The lowest BCUT2D eigenvalue weighted by Crippen LogP contribution is -2.12. The van der Waals surface area contributed by atoms with Crippen LogP contribution in [0.2, 0.25) is 0 Å². The molecule has 0 aliphatic rings. The number of allylic oxidation sites excluding steroid dienone is 1. The summed E-state index contributed by atoms with van der Waals surface area (Å²) in [6.07, 6.45) is 2.33. The van der Waals surface area contributed by atoms with Gasteiger partial charge in [-0.2, -0.15) is 4.39 Å². The molecule has 3 rings (SSSR count). The zero-order chi connectivity index (χ0) is 18.8. The van der Waals surface area contributed by atoms with Crippen molar-refractivity contribution in [3.05, 3.63) is 97.7 Å². The standard InChI is InChI=1S/C20H16FNO4/c1-3-5-13-8-9-15-12(2)16(20(23)26-18(15)10-13)11-14-6-4-7-17(19(14)21)22(24)25/h3-4,6-10H,1,5,11H2,2H3. The first-order valence-corrected chi connectivity index (χ1v) is 8.00. The highest BCUT2D eigenvalue weighted by atomic mass is 19.1. The monoisotopic (exact) mass is 353 g/mol. The fourth-order valence-electron chi connectivity index (χ4n) is 2.97. The van der Waals surface area contributed by atoms with Crippen molar-refractivity contribution in [3.63, 3.8) is 0 Å². The van der Waals surface area contributed by atoms with E-state index in [2.05, 4.69) is 6.58 Å². The quantitative estimate of drug-likeness (QED) is 0.294. The number of nitro benzene ring substituents is 1. The minimum atomic E-state index is -0.933. The number of nitrogens with zero attached hydrogens (tertiary/aromatic N) is 1. The lowest BCUT2D eigenvalue weighted by molar-refractivity contribution is -0.387. The van der Waals surface area contributed by atoms with Gasteiger partial charge in [-0.3, -0.25) is 10.1 Å². The first kappa shape index (κ1) is 17.5. The third kappa shape index (κ3) is 3.13. The Kier molecular flexibility index (Phi) is 4.67. The molecule has 0 saturated carbocycles. The zero-order valence-electron chi connectivity index (χ0n) is 14.1. The molecule has 0 unspecified atom stereocenters. The maximum Gasteiger partial charge on any atom is 0.340 e. The molecule has 0 atom stereocenters. The number of rotatable bonds is 5. The number of benzene rings is 2. The van der Waals surface area contributed by atoms with E-state index in [4.69, 9.17) is 4.42 Å². The van der Waals surface area contributed by atoms with Gasteiger partial charge < -0.3 is 4.42 Å². The second-order valence-electron chi connectivity index (χ2n) is 6.00. The van der Waals surface area contributed by atoms with Gasteiger partial charge in [0.1, 0.15) is 5.58 Å². The number of aryl methyl sites for hydroxylation is 1. The third-order valence-corrected chi connectivity index (χ3v) is 4.35. The van der Waals surface area contributed by atoms with Crippen LogP contribution in [0.4, 0.5) is 10.1 Å². The molecule has 3 aromatic rings. The van der Waals surface area contributed by atoms with Gasteiger partial charge in [-0.1, -0.05) is 30.3 Å². The SMILES string of the molecule is C=CCc1ccc2c(C)c(Cc3cccc([N+](=O)[O-])c3F)c(=O)oc2c1. The van der Waals surface area contributed by atoms with Crippen LogP contribution in [0.15, 0.2) is 58.3 Å². The van der Waals surface area contributed by atoms with Crippen LogP contribution in [-0.4, -0.2) is 4.92 Å². The number of fused-ring (bicyclic) bond motifs is 1. The highest BCUT2D eigenvalue weighted by Gasteiger charge is 2.20. The lowest BCUT2D eigenvalue weighted by Gasteiger charge is -2.09. The first-order chi connectivity index (χ1) is 12.4. The highest BCUT2D eigenvalue weighted by molar-refractivity contribution is 5.81. The second kappa shape index (κ2) is 6.92. The maximum absolute atomic E-state index is 14.3. The molecule has 0 spiro atoms. The summed E-state index contributed by atoms with van der Waals surface area (Å²) in [6, 6.07) is 9.46. The smallest absolute Gasteiger partial charge is 0.340 e. The van der Waals surface area contributed by atoms with Gasteiger partial charge in [0.2, 0.25) is 5.82 Å². The molecule has 0 N–H and O–H groups in total. The number of nitro groups is 1. The number of hydrogen-bond acceptors (Lipinski definition) is 4. The Morgan fingerprint density at radius 2 is 2.08 bits per heavy atom. The molecule has 0 aliphatic carbocycles. The van der Waals surface area contributed by atoms with Gasteiger partial charge in [0.15, 0.2) is 0 Å². The molecular formula is C20H16FNO4. The highest BCUT2D eigenvalue weighted by Crippen LogP contribution is 2.26. The van der Waals surface area contributed by atoms with Crippen LogP contribution >= 0.6 is 0 Å². The summed E-state index contributed by atoms with van der Waals surface area (Å²) < 4.78 is 19.7. The van der Waals surface area contributed by atoms with Crippen molar-refractivity contribution in [1.29, 1.82) is 0 Å². The van der Waals surface area contributed by atoms with Crippen LogP contribution in [0.5, 0.6) is 0 Å². The van der Waals surface area contributed by atoms with E-state index in [0.717, 1.165) is 17.0 Å². The number of halogens is 1. The normalized spacial score (nSPS) is 10.8. The second-order valence-corrected chi connectivity index (χ2v) is 6.00. The van der Waals surface area contributed by atoms with Crippen molar-refractivity contribution in [3.8, 4) is 0 Å². The van der Waals surface area contributed by atoms with Gasteiger partial charge >= 0.3 is 11.3 Å². The van der Waals surface area contributed by atoms with E-state index < -0.39 is 22.1 Å². The molecule has 26 heavy (non-hydrogen) atoms. The molecule has 0 radical (unpaired) electrons. The molecule has 1 heterocycles. The topological polar surface area (TPSA) is 73.3 Å². The zero-order valence-corrected chi connectivity index (χ0v) is 14.1. The Morgan fingerprint density at radius 1 is 1.31 bits per heavy atom. The molecular weight excluding hydrogens is 337 g/mol. The van der Waals surface area contributed by atoms with E-state index >= 15 is 0 Å². The van der Waals surface area contributed by atoms with Gasteiger partial charge in [-0.15, -0.1) is 6.58 Å². The van der Waals surface area contributed by atoms with Crippen molar-refractivity contribution < 1.29 is 13.7 Å². The van der Waals surface area contributed by atoms with Gasteiger partial charge in [0.05, 0.1) is 4.92 Å². The Labute approximate surface area is 148 Å². The largest absolute Gasteiger partial charge is 0.422 e. The van der Waals surface area contributed by atoms with Gasteiger partial charge in [-0.25, -0.2) is 4.79 Å². The first-order valence-electron chi connectivity index (χ1n) is 8.00. The van der Waals surface area contributed by atoms with Crippen LogP contribution < -0.4 is 5.63 Å². The fraction of sp³-hybridized carbons (Fsp3) is 0.150. The van der Waals surface area contributed by atoms with E-state index in [0.29, 0.717) is 17.6 Å². The van der Waals surface area contributed by atoms with Crippen LogP contribution in [-0.2, 0) is 12.8 Å². The average Bonchev–Trinajstić information content (AvgIpc) is 2.59. The van der Waals surface area contributed by atoms with Gasteiger partial charge in [0, 0.05) is 23.4 Å². The summed E-state index contributed by atoms with van der Waals surface area (Å²) >= 11 is 0. The molecule has 1 aromatic heterocycles. The van der Waals surface area contributed by atoms with Crippen molar-refractivity contribution in [1.82, 2.24) is 0 Å². The van der Waals surface area contributed by atoms with Gasteiger partial charge in [-0.05, 0) is 36.1 Å². The van der Waals surface area contributed by atoms with Crippen LogP contribution in [0.1, 0.15) is 22.3 Å². The van der Waals surface area contributed by atoms with E-state index in [1.54, 1.807) is 19.1 Å². The summed E-state index contributed by atoms with van der Waals surface area (Å²) in [4.78, 5) is 22.5. The molecule has 5 nitrogen and oxygen atoms in total. The molecule has 0 aliphatic heterocycles. The van der Waals surface area contributed by atoms with E-state index in [1.807, 2.05) is 12.1 Å². The molecule has 0 bridgehead atoms. The molecule has 132 valence electrons. The van der Waals surface area contributed by atoms with Crippen LogP contribution in [0.25, 0.3) is 11.0 Å². The lowest BCUT2D eigenvalue weighted by atomic mass is 9.98. The molecule has 0 fully saturated rings. The Bertz CT molecular complexity index is 1090. The number of hydrogen-bond donors (Lipinski definition) is 0. The summed E-state index contributed by atoms with van der Waals surface area (Å²) in [5, 5.41) is 11.6. The summed E-state index contributed by atoms with van der Waals surface area (Å²) in [7, 11) is 0. The predicted molar refractivity (Wildman–Crippen MR) is 97.0 cm³/mol. The van der Waals surface area contributed by atoms with E-state index in [1.165, 1.54) is 12.1 Å². The molecule has 6 heteroatoms. The summed E-state index contributed by atoms with van der Waals surface area (Å²) in [5.74, 6) is -0.933. The Morgan fingerprint density at radius 3 is 2.77 bits per heavy atom. The van der Waals surface area contributed by atoms with Crippen molar-refractivity contribution in [2.24, 2.45) is 0 Å². The molecule has 2 aromatic carbocycles. The minimum absolute atomic E-state index is 0.0774. The Hall–Kier alpha value is -3.28. The maximum atomic E-state index is 14.3. The predicted octanol–water partition coefficient (Wildman–Crippen LogP) is 4.47. The van der Waals surface area contributed by atoms with Crippen molar-refractivity contribution in [2.45, 2.75) is 19.8 Å². The summed E-state index contributed by atoms with van der Waals surface area (Å²) in [6.45, 7) is 5.44. The average molecular weight is 353 g/mol. The molecule has 0 amide bonds. The summed E-state index contributed by atoms with van der Waals surface area (Å²) in [5.41, 5.74) is 1.27. The Balaban J connectivity index is 2.10.